The number of amides is 1. The average molecular weight is 381 g/mol. The third-order valence-corrected chi connectivity index (χ3v) is 5.64. The van der Waals surface area contributed by atoms with Gasteiger partial charge in [-0.05, 0) is 37.1 Å². The summed E-state index contributed by atoms with van der Waals surface area (Å²) in [6.07, 6.45) is 3.18. The predicted octanol–water partition coefficient (Wildman–Crippen LogP) is 4.03. The van der Waals surface area contributed by atoms with E-state index < -0.39 is 0 Å². The number of benzene rings is 2. The van der Waals surface area contributed by atoms with Crippen molar-refractivity contribution in [2.45, 2.75) is 25.6 Å². The zero-order valence-electron chi connectivity index (χ0n) is 15.9. The van der Waals surface area contributed by atoms with Gasteiger partial charge in [0.2, 0.25) is 5.91 Å². The first-order valence-corrected chi connectivity index (χ1v) is 10.0. The fourth-order valence-corrected chi connectivity index (χ4v) is 3.64. The molecule has 1 atom stereocenters. The minimum Gasteiger partial charge on any atom is -0.338 e. The Balaban J connectivity index is 1.53. The minimum absolute atomic E-state index is 0.0160. The lowest BCUT2D eigenvalue weighted by atomic mass is 10.1. The Morgan fingerprint density at radius 2 is 1.85 bits per heavy atom. The molecule has 0 saturated carbocycles. The molecule has 5 nitrogen and oxygen atoms in total. The molecule has 0 aliphatic carbocycles. The fourth-order valence-electron chi connectivity index (χ4n) is 2.73. The molecule has 1 aromatic heterocycles. The van der Waals surface area contributed by atoms with Crippen LogP contribution in [0.2, 0.25) is 0 Å². The summed E-state index contributed by atoms with van der Waals surface area (Å²) in [4.78, 5) is 18.3. The van der Waals surface area contributed by atoms with Crippen molar-refractivity contribution in [2.24, 2.45) is 0 Å². The van der Waals surface area contributed by atoms with Gasteiger partial charge in [0.05, 0.1) is 17.5 Å². The minimum atomic E-state index is 0.0160. The van der Waals surface area contributed by atoms with E-state index in [0.29, 0.717) is 5.75 Å². The summed E-state index contributed by atoms with van der Waals surface area (Å²) in [6, 6.07) is 16.5. The van der Waals surface area contributed by atoms with Gasteiger partial charge in [-0.15, -0.1) is 11.8 Å². The Kier molecular flexibility index (Phi) is 6.29. The normalized spacial score (nSPS) is 12.0. The van der Waals surface area contributed by atoms with Gasteiger partial charge < -0.3 is 4.90 Å². The van der Waals surface area contributed by atoms with Crippen molar-refractivity contribution in [3.63, 3.8) is 0 Å². The molecule has 0 bridgehead atoms. The number of hydrogen-bond donors (Lipinski definition) is 0. The van der Waals surface area contributed by atoms with Gasteiger partial charge in [-0.3, -0.25) is 4.79 Å². The van der Waals surface area contributed by atoms with Gasteiger partial charge in [0.15, 0.2) is 0 Å². The summed E-state index contributed by atoms with van der Waals surface area (Å²) in [6.45, 7) is 4.13. The molecule has 27 heavy (non-hydrogen) atoms. The summed E-state index contributed by atoms with van der Waals surface area (Å²) in [5.41, 5.74) is 4.55. The van der Waals surface area contributed by atoms with Gasteiger partial charge in [0.1, 0.15) is 12.7 Å². The molecule has 1 amide bonds. The second-order valence-corrected chi connectivity index (χ2v) is 7.58. The van der Waals surface area contributed by atoms with Crippen LogP contribution in [0, 0.1) is 6.92 Å². The van der Waals surface area contributed by atoms with Gasteiger partial charge >= 0.3 is 0 Å². The van der Waals surface area contributed by atoms with Crippen molar-refractivity contribution in [3.8, 4) is 5.69 Å². The fraction of sp³-hybridized carbons (Fsp3) is 0.286. The number of hydrogen-bond acceptors (Lipinski definition) is 4. The van der Waals surface area contributed by atoms with Crippen LogP contribution in [0.15, 0.2) is 61.2 Å². The molecule has 6 heteroatoms. The Bertz CT molecular complexity index is 860. The second kappa shape index (κ2) is 8.86. The largest absolute Gasteiger partial charge is 0.338 e. The predicted molar refractivity (Wildman–Crippen MR) is 110 cm³/mol. The summed E-state index contributed by atoms with van der Waals surface area (Å²) >= 11 is 1.65. The molecule has 0 radical (unpaired) electrons. The van der Waals surface area contributed by atoms with Crippen LogP contribution in [0.1, 0.15) is 29.7 Å². The smallest absolute Gasteiger partial charge is 0.232 e. The first-order chi connectivity index (χ1) is 13.0. The van der Waals surface area contributed by atoms with E-state index in [2.05, 4.69) is 41.3 Å². The van der Waals surface area contributed by atoms with Crippen LogP contribution in [-0.2, 0) is 10.5 Å². The molecule has 1 heterocycles. The molecule has 140 valence electrons. The van der Waals surface area contributed by atoms with Gasteiger partial charge in [0.25, 0.3) is 0 Å². The summed E-state index contributed by atoms with van der Waals surface area (Å²) in [7, 11) is 1.87. The number of thioether (sulfide) groups is 1. The molecule has 2 aromatic carbocycles. The van der Waals surface area contributed by atoms with E-state index in [1.54, 1.807) is 22.8 Å². The highest BCUT2D eigenvalue weighted by molar-refractivity contribution is 7.99. The monoisotopic (exact) mass is 380 g/mol. The van der Waals surface area contributed by atoms with E-state index >= 15 is 0 Å². The summed E-state index contributed by atoms with van der Waals surface area (Å²) < 4.78 is 1.71. The van der Waals surface area contributed by atoms with E-state index in [1.807, 2.05) is 43.1 Å². The van der Waals surface area contributed by atoms with Gasteiger partial charge in [-0.1, -0.05) is 42.0 Å². The van der Waals surface area contributed by atoms with E-state index in [4.69, 9.17) is 0 Å². The molecule has 0 fully saturated rings. The molecular weight excluding hydrogens is 356 g/mol. The maximum Gasteiger partial charge on any atom is 0.232 e. The zero-order valence-corrected chi connectivity index (χ0v) is 16.7. The molecule has 3 rings (SSSR count). The maximum absolute atomic E-state index is 12.5. The van der Waals surface area contributed by atoms with Gasteiger partial charge in [0, 0.05) is 12.8 Å². The molecular formula is C21H24N4OS. The number of carbonyl (C=O) groups excluding carboxylic acids is 1. The number of carbonyl (C=O) groups is 1. The van der Waals surface area contributed by atoms with Crippen LogP contribution in [0.25, 0.3) is 5.69 Å². The summed E-state index contributed by atoms with van der Waals surface area (Å²) in [5, 5.41) is 4.13. The molecule has 3 aromatic rings. The van der Waals surface area contributed by atoms with Crippen molar-refractivity contribution in [2.75, 3.05) is 12.8 Å². The van der Waals surface area contributed by atoms with Crippen molar-refractivity contribution in [1.82, 2.24) is 19.7 Å². The quantitative estimate of drug-likeness (QED) is 0.621. The third-order valence-electron chi connectivity index (χ3n) is 4.65. The van der Waals surface area contributed by atoms with Crippen LogP contribution in [-0.4, -0.2) is 38.4 Å². The van der Waals surface area contributed by atoms with Crippen molar-refractivity contribution in [1.29, 1.82) is 0 Å². The molecule has 0 spiro atoms. The Labute approximate surface area is 164 Å². The van der Waals surface area contributed by atoms with Crippen LogP contribution in [0.3, 0.4) is 0 Å². The standard InChI is InChI=1S/C21H24N4OS/c1-16-4-6-18(7-5-16)12-27-13-21(26)24(3)17(2)19-8-10-20(11-9-19)25-15-22-14-23-25/h4-11,14-15,17H,12-13H2,1-3H3/t17-/m1/s1. The van der Waals surface area contributed by atoms with E-state index in [-0.39, 0.29) is 11.9 Å². The SMILES string of the molecule is Cc1ccc(CSCC(=O)N(C)[C@H](C)c2ccc(-n3cncn3)cc2)cc1. The lowest BCUT2D eigenvalue weighted by Crippen LogP contribution is -2.31. The topological polar surface area (TPSA) is 51.0 Å². The van der Waals surface area contributed by atoms with Crippen LogP contribution in [0.5, 0.6) is 0 Å². The van der Waals surface area contributed by atoms with E-state index in [1.165, 1.54) is 17.5 Å². The average Bonchev–Trinajstić information content (AvgIpc) is 3.23. The number of rotatable bonds is 7. The highest BCUT2D eigenvalue weighted by Crippen LogP contribution is 2.22. The third kappa shape index (κ3) is 4.98. The van der Waals surface area contributed by atoms with E-state index in [9.17, 15) is 4.79 Å². The second-order valence-electron chi connectivity index (χ2n) is 6.59. The molecule has 0 N–H and O–H groups in total. The van der Waals surface area contributed by atoms with Gasteiger partial charge in [-0.25, -0.2) is 9.67 Å². The number of nitrogens with zero attached hydrogens (tertiary/aromatic N) is 4. The molecule has 0 unspecified atom stereocenters. The highest BCUT2D eigenvalue weighted by Gasteiger charge is 2.17. The zero-order chi connectivity index (χ0) is 19.2. The number of aryl methyl sites for hydroxylation is 1. The van der Waals surface area contributed by atoms with Gasteiger partial charge in [-0.2, -0.15) is 5.10 Å². The number of aromatic nitrogens is 3. The molecule has 0 saturated heterocycles. The van der Waals surface area contributed by atoms with Crippen molar-refractivity contribution in [3.05, 3.63) is 77.9 Å². The van der Waals surface area contributed by atoms with Crippen molar-refractivity contribution < 1.29 is 4.79 Å². The Hall–Kier alpha value is -2.60. The van der Waals surface area contributed by atoms with Crippen LogP contribution in [0.4, 0.5) is 0 Å². The Morgan fingerprint density at radius 1 is 1.15 bits per heavy atom. The molecule has 0 aliphatic rings. The highest BCUT2D eigenvalue weighted by atomic mass is 32.2. The Morgan fingerprint density at radius 3 is 2.48 bits per heavy atom. The van der Waals surface area contributed by atoms with Crippen LogP contribution < -0.4 is 0 Å². The van der Waals surface area contributed by atoms with Crippen molar-refractivity contribution >= 4 is 17.7 Å². The summed E-state index contributed by atoms with van der Waals surface area (Å²) in [5.74, 6) is 1.46. The van der Waals surface area contributed by atoms with Crippen LogP contribution >= 0.6 is 11.8 Å². The molecule has 0 aliphatic heterocycles. The lowest BCUT2D eigenvalue weighted by molar-refractivity contribution is -0.128. The first-order valence-electron chi connectivity index (χ1n) is 8.88. The first kappa shape index (κ1) is 19.2. The van der Waals surface area contributed by atoms with E-state index in [0.717, 1.165) is 17.0 Å². The lowest BCUT2D eigenvalue weighted by Gasteiger charge is -2.25. The maximum atomic E-state index is 12.5.